The quantitative estimate of drug-likeness (QED) is 0.421. The van der Waals surface area contributed by atoms with Crippen molar-refractivity contribution >= 4 is 28.4 Å². The molecule has 8 heteroatoms. The zero-order valence-electron chi connectivity index (χ0n) is 19.1. The third kappa shape index (κ3) is 4.12. The number of hydrogen-bond donors (Lipinski definition) is 3. The number of rotatable bonds is 5. The lowest BCUT2D eigenvalue weighted by Crippen LogP contribution is -2.48. The summed E-state index contributed by atoms with van der Waals surface area (Å²) >= 11 is 0. The molecule has 0 bridgehead atoms. The second-order valence-electron chi connectivity index (χ2n) is 9.19. The number of aromatic nitrogens is 4. The van der Waals surface area contributed by atoms with Crippen molar-refractivity contribution in [3.05, 3.63) is 77.2 Å². The first kappa shape index (κ1) is 20.8. The molecule has 0 spiro atoms. The average molecular weight is 454 g/mol. The summed E-state index contributed by atoms with van der Waals surface area (Å²) in [5.41, 5.74) is 4.15. The van der Waals surface area contributed by atoms with Gasteiger partial charge in [0.15, 0.2) is 5.82 Å². The van der Waals surface area contributed by atoms with E-state index in [1.165, 1.54) is 18.4 Å². The molecule has 0 radical (unpaired) electrons. The first-order valence-corrected chi connectivity index (χ1v) is 11.8. The van der Waals surface area contributed by atoms with Crippen molar-refractivity contribution in [1.82, 2.24) is 30.4 Å². The van der Waals surface area contributed by atoms with E-state index in [9.17, 15) is 4.79 Å². The van der Waals surface area contributed by atoms with Crippen LogP contribution in [0.25, 0.3) is 10.9 Å². The molecule has 1 aliphatic heterocycles. The van der Waals surface area contributed by atoms with Gasteiger partial charge in [-0.3, -0.25) is 9.89 Å². The molecule has 6 rings (SSSR count). The minimum Gasteiger partial charge on any atom is -0.333 e. The maximum Gasteiger partial charge on any atom is 0.291 e. The molecule has 2 aromatic heterocycles. The van der Waals surface area contributed by atoms with Crippen LogP contribution in [0, 0.1) is 6.92 Å². The molecule has 2 aromatic carbocycles. The Labute approximate surface area is 197 Å². The van der Waals surface area contributed by atoms with E-state index in [1.54, 1.807) is 0 Å². The first-order chi connectivity index (χ1) is 16.6. The Morgan fingerprint density at radius 2 is 1.94 bits per heavy atom. The molecule has 1 atom stereocenters. The van der Waals surface area contributed by atoms with E-state index >= 15 is 0 Å². The molecule has 1 saturated heterocycles. The Kier molecular flexibility index (Phi) is 5.22. The van der Waals surface area contributed by atoms with Gasteiger partial charge in [0.1, 0.15) is 5.82 Å². The van der Waals surface area contributed by atoms with Crippen molar-refractivity contribution in [2.45, 2.75) is 31.7 Å². The minimum absolute atomic E-state index is 0.0875. The molecule has 34 heavy (non-hydrogen) atoms. The van der Waals surface area contributed by atoms with Gasteiger partial charge in [-0.2, -0.15) is 5.10 Å². The fourth-order valence-corrected chi connectivity index (χ4v) is 4.54. The van der Waals surface area contributed by atoms with E-state index in [1.807, 2.05) is 54.3 Å². The smallest absolute Gasteiger partial charge is 0.291 e. The highest BCUT2D eigenvalue weighted by atomic mass is 16.2. The van der Waals surface area contributed by atoms with E-state index in [4.69, 9.17) is 4.98 Å². The Morgan fingerprint density at radius 1 is 1.09 bits per heavy atom. The number of piperazine rings is 1. The summed E-state index contributed by atoms with van der Waals surface area (Å²) < 4.78 is 0. The normalized spacial score (nSPS) is 18.3. The molecular weight excluding hydrogens is 426 g/mol. The number of carbonyl (C=O) groups is 1. The van der Waals surface area contributed by atoms with Crippen molar-refractivity contribution in [3.8, 4) is 0 Å². The minimum atomic E-state index is -0.159. The van der Waals surface area contributed by atoms with Crippen LogP contribution in [0.3, 0.4) is 0 Å². The molecule has 3 N–H and O–H groups in total. The van der Waals surface area contributed by atoms with Crippen LogP contribution < -0.4 is 10.6 Å². The topological polar surface area (TPSA) is 98.8 Å². The highest BCUT2D eigenvalue weighted by Gasteiger charge is 2.28. The largest absolute Gasteiger partial charge is 0.333 e. The number of H-pyrrole nitrogens is 1. The Balaban J connectivity index is 1.31. The lowest BCUT2D eigenvalue weighted by atomic mass is 10.0. The molecule has 3 heterocycles. The van der Waals surface area contributed by atoms with E-state index in [0.717, 1.165) is 28.7 Å². The maximum absolute atomic E-state index is 13.5. The zero-order valence-corrected chi connectivity index (χ0v) is 19.1. The lowest BCUT2D eigenvalue weighted by molar-refractivity contribution is 0.0691. The summed E-state index contributed by atoms with van der Waals surface area (Å²) in [5, 5.41) is 15.2. The summed E-state index contributed by atoms with van der Waals surface area (Å²) in [5.74, 6) is 1.92. The SMILES string of the molecule is Cc1ccc2nc(C(=O)N3CCN[C@H](c4ccccc4)C3)nc(Nc3cc(C4CC4)[nH]n3)c2c1. The fraction of sp³-hybridized carbons (Fsp3) is 0.308. The number of benzene rings is 2. The van der Waals surface area contributed by atoms with E-state index in [0.29, 0.717) is 30.6 Å². The van der Waals surface area contributed by atoms with Gasteiger partial charge in [-0.15, -0.1) is 0 Å². The number of amides is 1. The number of aryl methyl sites for hydroxylation is 1. The van der Waals surface area contributed by atoms with Crippen LogP contribution in [0.15, 0.2) is 54.6 Å². The molecule has 4 aromatic rings. The van der Waals surface area contributed by atoms with Crippen LogP contribution >= 0.6 is 0 Å². The van der Waals surface area contributed by atoms with Gasteiger partial charge in [-0.25, -0.2) is 9.97 Å². The van der Waals surface area contributed by atoms with Crippen LogP contribution in [-0.4, -0.2) is 50.6 Å². The molecular formula is C26H27N7O. The van der Waals surface area contributed by atoms with Crippen LogP contribution in [0.2, 0.25) is 0 Å². The predicted octanol–water partition coefficient (Wildman–Crippen LogP) is 4.07. The number of hydrogen-bond acceptors (Lipinski definition) is 6. The summed E-state index contributed by atoms with van der Waals surface area (Å²) in [6, 6.07) is 18.3. The van der Waals surface area contributed by atoms with Crippen molar-refractivity contribution in [1.29, 1.82) is 0 Å². The Morgan fingerprint density at radius 3 is 2.76 bits per heavy atom. The number of nitrogens with one attached hydrogen (secondary N) is 3. The zero-order chi connectivity index (χ0) is 23.1. The summed E-state index contributed by atoms with van der Waals surface area (Å²) in [6.45, 7) is 3.95. The van der Waals surface area contributed by atoms with Gasteiger partial charge in [0, 0.05) is 48.7 Å². The van der Waals surface area contributed by atoms with Gasteiger partial charge < -0.3 is 15.5 Å². The second-order valence-corrected chi connectivity index (χ2v) is 9.19. The van der Waals surface area contributed by atoms with E-state index < -0.39 is 0 Å². The lowest BCUT2D eigenvalue weighted by Gasteiger charge is -2.33. The van der Waals surface area contributed by atoms with Crippen LogP contribution in [0.5, 0.6) is 0 Å². The molecule has 8 nitrogen and oxygen atoms in total. The molecule has 2 aliphatic rings. The Bertz CT molecular complexity index is 1350. The number of nitrogens with zero attached hydrogens (tertiary/aromatic N) is 4. The highest BCUT2D eigenvalue weighted by molar-refractivity contribution is 5.97. The third-order valence-electron chi connectivity index (χ3n) is 6.57. The van der Waals surface area contributed by atoms with Crippen LogP contribution in [0.4, 0.5) is 11.6 Å². The number of carbonyl (C=O) groups excluding carboxylic acids is 1. The average Bonchev–Trinajstić information content (AvgIpc) is 3.63. The number of anilines is 2. The Hall–Kier alpha value is -3.78. The molecule has 1 aliphatic carbocycles. The molecule has 1 amide bonds. The summed E-state index contributed by atoms with van der Waals surface area (Å²) in [7, 11) is 0. The summed E-state index contributed by atoms with van der Waals surface area (Å²) in [4.78, 5) is 24.7. The number of fused-ring (bicyclic) bond motifs is 1. The van der Waals surface area contributed by atoms with Crippen LogP contribution in [0.1, 0.15) is 52.2 Å². The molecule has 0 unspecified atom stereocenters. The van der Waals surface area contributed by atoms with Gasteiger partial charge in [-0.1, -0.05) is 42.0 Å². The summed E-state index contributed by atoms with van der Waals surface area (Å²) in [6.07, 6.45) is 2.40. The van der Waals surface area contributed by atoms with Crippen LogP contribution in [-0.2, 0) is 0 Å². The van der Waals surface area contributed by atoms with E-state index in [-0.39, 0.29) is 17.8 Å². The molecule has 1 saturated carbocycles. The van der Waals surface area contributed by atoms with Crippen molar-refractivity contribution < 1.29 is 4.79 Å². The van der Waals surface area contributed by atoms with Gasteiger partial charge in [0.25, 0.3) is 5.91 Å². The van der Waals surface area contributed by atoms with Crippen molar-refractivity contribution in [3.63, 3.8) is 0 Å². The van der Waals surface area contributed by atoms with E-state index in [2.05, 4.69) is 37.9 Å². The van der Waals surface area contributed by atoms with Gasteiger partial charge in [0.2, 0.25) is 5.82 Å². The maximum atomic E-state index is 13.5. The first-order valence-electron chi connectivity index (χ1n) is 11.8. The monoisotopic (exact) mass is 453 g/mol. The van der Waals surface area contributed by atoms with Gasteiger partial charge in [0.05, 0.1) is 5.52 Å². The third-order valence-corrected chi connectivity index (χ3v) is 6.57. The van der Waals surface area contributed by atoms with Gasteiger partial charge >= 0.3 is 0 Å². The predicted molar refractivity (Wildman–Crippen MR) is 131 cm³/mol. The highest BCUT2D eigenvalue weighted by Crippen LogP contribution is 2.39. The van der Waals surface area contributed by atoms with Crippen molar-refractivity contribution in [2.24, 2.45) is 0 Å². The molecule has 2 fully saturated rings. The van der Waals surface area contributed by atoms with Gasteiger partial charge in [-0.05, 0) is 37.5 Å². The number of aromatic amines is 1. The molecule has 172 valence electrons. The second kappa shape index (κ2) is 8.53. The van der Waals surface area contributed by atoms with Crippen molar-refractivity contribution in [2.75, 3.05) is 25.0 Å². The fourth-order valence-electron chi connectivity index (χ4n) is 4.54. The standard InChI is InChI=1S/C26H27N7O/c1-16-7-10-20-19(13-16)24(29-23-14-21(31-32-23)18-8-9-18)30-25(28-20)26(34)33-12-11-27-22(15-33)17-5-3-2-4-6-17/h2-7,10,13-14,18,22,27H,8-9,11-12,15H2,1H3,(H2,28,29,30,31,32)/t22-/m0/s1.